The van der Waals surface area contributed by atoms with Crippen LogP contribution in [0.4, 0.5) is 0 Å². The number of aliphatic hydroxyl groups is 1. The highest BCUT2D eigenvalue weighted by Crippen LogP contribution is 2.34. The molecule has 2 heterocycles. The Hall–Kier alpha value is -0.420. The van der Waals surface area contributed by atoms with Gasteiger partial charge in [0.05, 0.1) is 0 Å². The molecule has 1 unspecified atom stereocenters. The second-order valence-corrected chi connectivity index (χ2v) is 6.26. The Morgan fingerprint density at radius 2 is 2.11 bits per heavy atom. The fraction of sp³-hybridized carbons (Fsp3) is 0.571. The van der Waals surface area contributed by atoms with Crippen molar-refractivity contribution in [2.24, 2.45) is 5.92 Å². The summed E-state index contributed by atoms with van der Waals surface area (Å²) < 4.78 is 1.09. The molecule has 0 saturated carbocycles. The molecule has 2 aliphatic rings. The number of piperidine rings is 1. The molecule has 3 nitrogen and oxygen atoms in total. The average Bonchev–Trinajstić information content (AvgIpc) is 2.67. The van der Waals surface area contributed by atoms with Gasteiger partial charge in [0.25, 0.3) is 0 Å². The van der Waals surface area contributed by atoms with E-state index in [2.05, 4.69) is 32.2 Å². The second kappa shape index (κ2) is 5.29. The Morgan fingerprint density at radius 3 is 2.89 bits per heavy atom. The van der Waals surface area contributed by atoms with Gasteiger partial charge in [-0.15, -0.1) is 0 Å². The molecule has 1 aromatic carbocycles. The number of hydrogen-bond donors (Lipinski definition) is 2. The van der Waals surface area contributed by atoms with Gasteiger partial charge in [-0.2, -0.15) is 0 Å². The zero-order valence-electron chi connectivity index (χ0n) is 10.4. The van der Waals surface area contributed by atoms with Crippen molar-refractivity contribution < 1.29 is 5.11 Å². The van der Waals surface area contributed by atoms with E-state index in [0.717, 1.165) is 42.1 Å². The van der Waals surface area contributed by atoms with Crippen molar-refractivity contribution in [1.82, 2.24) is 10.2 Å². The topological polar surface area (TPSA) is 35.5 Å². The van der Waals surface area contributed by atoms with Crippen LogP contribution in [0.15, 0.2) is 22.7 Å². The van der Waals surface area contributed by atoms with E-state index in [1.54, 1.807) is 0 Å². The lowest BCUT2D eigenvalue weighted by Crippen LogP contribution is -2.35. The van der Waals surface area contributed by atoms with Crippen molar-refractivity contribution in [1.29, 1.82) is 0 Å². The summed E-state index contributed by atoms with van der Waals surface area (Å²) in [6.45, 7) is 4.12. The van der Waals surface area contributed by atoms with Crippen LogP contribution in [-0.4, -0.2) is 29.6 Å². The fourth-order valence-electron chi connectivity index (χ4n) is 3.03. The fourth-order valence-corrected chi connectivity index (χ4v) is 3.43. The summed E-state index contributed by atoms with van der Waals surface area (Å²) >= 11 is 3.49. The summed E-state index contributed by atoms with van der Waals surface area (Å²) in [7, 11) is 0. The molecule has 0 aliphatic carbocycles. The number of hydrogen-bond acceptors (Lipinski definition) is 3. The zero-order chi connectivity index (χ0) is 12.5. The Labute approximate surface area is 116 Å². The van der Waals surface area contributed by atoms with E-state index in [4.69, 9.17) is 0 Å². The van der Waals surface area contributed by atoms with E-state index < -0.39 is 6.23 Å². The predicted octanol–water partition coefficient (Wildman–Crippen LogP) is 2.26. The van der Waals surface area contributed by atoms with Gasteiger partial charge >= 0.3 is 0 Å². The van der Waals surface area contributed by atoms with E-state index in [1.807, 2.05) is 12.1 Å². The lowest BCUT2D eigenvalue weighted by atomic mass is 9.97. The number of nitrogens with zero attached hydrogens (tertiary/aromatic N) is 1. The minimum Gasteiger partial charge on any atom is -0.374 e. The SMILES string of the molecule is OC1c2ccc(Br)cc2CN1CC1CCNCC1. The average molecular weight is 311 g/mol. The first-order valence-electron chi connectivity index (χ1n) is 6.65. The number of benzene rings is 1. The molecule has 0 spiro atoms. The normalized spacial score (nSPS) is 25.3. The molecule has 0 amide bonds. The van der Waals surface area contributed by atoms with Gasteiger partial charge in [0, 0.05) is 17.6 Å². The van der Waals surface area contributed by atoms with Gasteiger partial charge < -0.3 is 10.4 Å². The first-order chi connectivity index (χ1) is 8.74. The van der Waals surface area contributed by atoms with Crippen LogP contribution in [0.3, 0.4) is 0 Å². The minimum atomic E-state index is -0.414. The Bertz CT molecular complexity index is 432. The van der Waals surface area contributed by atoms with E-state index in [1.165, 1.54) is 18.4 Å². The highest BCUT2D eigenvalue weighted by atomic mass is 79.9. The van der Waals surface area contributed by atoms with Gasteiger partial charge in [0.15, 0.2) is 0 Å². The number of halogens is 1. The van der Waals surface area contributed by atoms with E-state index in [0.29, 0.717) is 0 Å². The maximum absolute atomic E-state index is 10.4. The molecule has 18 heavy (non-hydrogen) atoms. The van der Waals surface area contributed by atoms with Crippen molar-refractivity contribution in [3.8, 4) is 0 Å². The summed E-state index contributed by atoms with van der Waals surface area (Å²) in [5.41, 5.74) is 2.33. The summed E-state index contributed by atoms with van der Waals surface area (Å²) in [5.74, 6) is 0.721. The van der Waals surface area contributed by atoms with E-state index >= 15 is 0 Å². The molecule has 2 N–H and O–H groups in total. The van der Waals surface area contributed by atoms with E-state index in [9.17, 15) is 5.11 Å². The first-order valence-corrected chi connectivity index (χ1v) is 7.44. The second-order valence-electron chi connectivity index (χ2n) is 5.34. The third kappa shape index (κ3) is 2.48. The molecular formula is C14H19BrN2O. The van der Waals surface area contributed by atoms with Crippen molar-refractivity contribution >= 4 is 15.9 Å². The molecular weight excluding hydrogens is 292 g/mol. The Kier molecular flexibility index (Phi) is 3.71. The maximum Gasteiger partial charge on any atom is 0.134 e. The third-order valence-corrected chi connectivity index (χ3v) is 4.55. The number of nitrogens with one attached hydrogen (secondary N) is 1. The summed E-state index contributed by atoms with van der Waals surface area (Å²) in [6.07, 6.45) is 2.04. The largest absolute Gasteiger partial charge is 0.374 e. The first kappa shape index (κ1) is 12.6. The monoisotopic (exact) mass is 310 g/mol. The number of fused-ring (bicyclic) bond motifs is 1. The molecule has 1 saturated heterocycles. The van der Waals surface area contributed by atoms with Gasteiger partial charge in [-0.25, -0.2) is 0 Å². The molecule has 1 fully saturated rings. The Balaban J connectivity index is 1.69. The van der Waals surface area contributed by atoms with Crippen LogP contribution in [0.1, 0.15) is 30.2 Å². The van der Waals surface area contributed by atoms with Crippen LogP contribution < -0.4 is 5.32 Å². The van der Waals surface area contributed by atoms with Crippen molar-refractivity contribution in [3.63, 3.8) is 0 Å². The Morgan fingerprint density at radius 1 is 1.33 bits per heavy atom. The molecule has 1 atom stereocenters. The van der Waals surface area contributed by atoms with Crippen molar-refractivity contribution in [2.75, 3.05) is 19.6 Å². The van der Waals surface area contributed by atoms with Crippen molar-refractivity contribution in [2.45, 2.75) is 25.6 Å². The summed E-state index contributed by atoms with van der Waals surface area (Å²) in [6, 6.07) is 6.17. The number of rotatable bonds is 2. The van der Waals surface area contributed by atoms with Gasteiger partial charge in [0.1, 0.15) is 6.23 Å². The predicted molar refractivity (Wildman–Crippen MR) is 75.1 cm³/mol. The molecule has 98 valence electrons. The third-order valence-electron chi connectivity index (χ3n) is 4.05. The lowest BCUT2D eigenvalue weighted by Gasteiger charge is -2.29. The van der Waals surface area contributed by atoms with Crippen molar-refractivity contribution in [3.05, 3.63) is 33.8 Å². The smallest absolute Gasteiger partial charge is 0.134 e. The molecule has 1 aromatic rings. The number of aliphatic hydroxyl groups excluding tert-OH is 1. The van der Waals surface area contributed by atoms with Crippen LogP contribution in [-0.2, 0) is 6.54 Å². The van der Waals surface area contributed by atoms with Gasteiger partial charge in [0.2, 0.25) is 0 Å². The molecule has 0 aromatic heterocycles. The molecule has 2 aliphatic heterocycles. The van der Waals surface area contributed by atoms with Crippen LogP contribution in [0.5, 0.6) is 0 Å². The summed E-state index contributed by atoms with van der Waals surface area (Å²) in [4.78, 5) is 2.20. The van der Waals surface area contributed by atoms with Crippen LogP contribution >= 0.6 is 15.9 Å². The minimum absolute atomic E-state index is 0.414. The quantitative estimate of drug-likeness (QED) is 0.879. The summed E-state index contributed by atoms with van der Waals surface area (Å²) in [5, 5.41) is 13.7. The molecule has 0 bridgehead atoms. The highest BCUT2D eigenvalue weighted by molar-refractivity contribution is 9.10. The van der Waals surface area contributed by atoms with Crippen LogP contribution in [0.2, 0.25) is 0 Å². The van der Waals surface area contributed by atoms with Gasteiger partial charge in [-0.1, -0.05) is 22.0 Å². The van der Waals surface area contributed by atoms with Crippen LogP contribution in [0.25, 0.3) is 0 Å². The molecule has 3 rings (SSSR count). The van der Waals surface area contributed by atoms with Gasteiger partial charge in [-0.05, 0) is 55.1 Å². The van der Waals surface area contributed by atoms with E-state index in [-0.39, 0.29) is 0 Å². The van der Waals surface area contributed by atoms with Gasteiger partial charge in [-0.3, -0.25) is 4.90 Å². The highest BCUT2D eigenvalue weighted by Gasteiger charge is 2.30. The zero-order valence-corrected chi connectivity index (χ0v) is 12.0. The van der Waals surface area contributed by atoms with Crippen LogP contribution in [0, 0.1) is 5.92 Å². The molecule has 4 heteroatoms. The maximum atomic E-state index is 10.4. The molecule has 0 radical (unpaired) electrons. The standard InChI is InChI=1S/C14H19BrN2O/c15-12-1-2-13-11(7-12)9-17(14(13)18)8-10-3-5-16-6-4-10/h1-2,7,10,14,16,18H,3-6,8-9H2. The lowest BCUT2D eigenvalue weighted by molar-refractivity contribution is 0.000409.